The van der Waals surface area contributed by atoms with Crippen LogP contribution in [0.4, 0.5) is 14.6 Å². The van der Waals surface area contributed by atoms with Gasteiger partial charge in [-0.3, -0.25) is 14.7 Å². The van der Waals surface area contributed by atoms with Crippen molar-refractivity contribution in [3.05, 3.63) is 70.2 Å². The Morgan fingerprint density at radius 2 is 1.79 bits per heavy atom. The summed E-state index contributed by atoms with van der Waals surface area (Å²) >= 11 is 3.41. The molecule has 0 radical (unpaired) electrons. The summed E-state index contributed by atoms with van der Waals surface area (Å²) in [6, 6.07) is 11.4. The molecule has 0 spiro atoms. The summed E-state index contributed by atoms with van der Waals surface area (Å²) in [6.07, 6.45) is -0.253. The standard InChI is InChI=1S/C20H17BrF2N4O2/c1-11(24-16(28)9-12-7-14(22)10-15(23)8-12)20(29)25-19-17(21)18(26-27-19)13-5-3-2-4-6-13/h2-8,10-11H,9H2,1H3,(H,24,28)(H2,25,26,27,29). The second kappa shape index (κ2) is 8.95. The molecule has 0 saturated carbocycles. The minimum absolute atomic E-state index is 0.176. The van der Waals surface area contributed by atoms with E-state index in [4.69, 9.17) is 0 Å². The van der Waals surface area contributed by atoms with Gasteiger partial charge in [0.15, 0.2) is 5.82 Å². The number of nitrogens with zero attached hydrogens (tertiary/aromatic N) is 1. The van der Waals surface area contributed by atoms with Gasteiger partial charge in [-0.15, -0.1) is 0 Å². The zero-order chi connectivity index (χ0) is 21.0. The molecule has 1 aromatic heterocycles. The lowest BCUT2D eigenvalue weighted by Gasteiger charge is -2.13. The SMILES string of the molecule is CC(NC(=O)Cc1cc(F)cc(F)c1)C(=O)Nc1n[nH]c(-c2ccccc2)c1Br. The lowest BCUT2D eigenvalue weighted by Crippen LogP contribution is -2.42. The molecule has 3 aromatic rings. The molecule has 1 heterocycles. The maximum Gasteiger partial charge on any atom is 0.247 e. The number of carbonyl (C=O) groups is 2. The number of rotatable bonds is 6. The number of carbonyl (C=O) groups excluding carboxylic acids is 2. The molecule has 0 aliphatic carbocycles. The molecule has 2 amide bonds. The van der Waals surface area contributed by atoms with Gasteiger partial charge in [0.25, 0.3) is 0 Å². The van der Waals surface area contributed by atoms with Crippen molar-refractivity contribution in [2.75, 3.05) is 5.32 Å². The van der Waals surface area contributed by atoms with Gasteiger partial charge in [0, 0.05) is 11.6 Å². The molecule has 0 fully saturated rings. The largest absolute Gasteiger partial charge is 0.344 e. The minimum Gasteiger partial charge on any atom is -0.344 e. The van der Waals surface area contributed by atoms with E-state index in [0.29, 0.717) is 10.2 Å². The Bertz CT molecular complexity index is 1020. The zero-order valence-corrected chi connectivity index (χ0v) is 16.9. The molecular weight excluding hydrogens is 446 g/mol. The van der Waals surface area contributed by atoms with Crippen molar-refractivity contribution in [3.8, 4) is 11.3 Å². The van der Waals surface area contributed by atoms with Crippen molar-refractivity contribution < 1.29 is 18.4 Å². The molecule has 0 bridgehead atoms. The first kappa shape index (κ1) is 20.7. The lowest BCUT2D eigenvalue weighted by atomic mass is 10.1. The van der Waals surface area contributed by atoms with Crippen LogP contribution in [0.3, 0.4) is 0 Å². The number of hydrogen-bond acceptors (Lipinski definition) is 3. The number of hydrogen-bond donors (Lipinski definition) is 3. The average Bonchev–Trinajstić information content (AvgIpc) is 3.01. The van der Waals surface area contributed by atoms with Gasteiger partial charge in [0.2, 0.25) is 11.8 Å². The number of amides is 2. The van der Waals surface area contributed by atoms with Crippen molar-refractivity contribution >= 4 is 33.6 Å². The predicted molar refractivity (Wildman–Crippen MR) is 108 cm³/mol. The molecule has 9 heteroatoms. The van der Waals surface area contributed by atoms with E-state index in [1.807, 2.05) is 30.3 Å². The van der Waals surface area contributed by atoms with Crippen LogP contribution in [0.1, 0.15) is 12.5 Å². The molecule has 3 rings (SSSR count). The Balaban J connectivity index is 1.61. The van der Waals surface area contributed by atoms with Crippen molar-refractivity contribution in [1.82, 2.24) is 15.5 Å². The monoisotopic (exact) mass is 462 g/mol. The summed E-state index contributed by atoms with van der Waals surface area (Å²) in [4.78, 5) is 24.5. The summed E-state index contributed by atoms with van der Waals surface area (Å²) in [5.41, 5.74) is 1.76. The van der Waals surface area contributed by atoms with Gasteiger partial charge in [-0.05, 0) is 40.5 Å². The third-order valence-corrected chi connectivity index (χ3v) is 4.84. The second-order valence-corrected chi connectivity index (χ2v) is 7.15. The molecule has 1 atom stereocenters. The maximum absolute atomic E-state index is 13.2. The maximum atomic E-state index is 13.2. The van der Waals surface area contributed by atoms with Crippen molar-refractivity contribution in [3.63, 3.8) is 0 Å². The number of nitrogens with one attached hydrogen (secondary N) is 3. The first-order chi connectivity index (χ1) is 13.8. The topological polar surface area (TPSA) is 86.9 Å². The first-order valence-electron chi connectivity index (χ1n) is 8.68. The van der Waals surface area contributed by atoms with Crippen LogP contribution >= 0.6 is 15.9 Å². The average molecular weight is 463 g/mol. The summed E-state index contributed by atoms with van der Waals surface area (Å²) in [7, 11) is 0. The fourth-order valence-electron chi connectivity index (χ4n) is 2.69. The summed E-state index contributed by atoms with van der Waals surface area (Å²) in [5, 5.41) is 12.1. The van der Waals surface area contributed by atoms with Gasteiger partial charge < -0.3 is 10.6 Å². The number of benzene rings is 2. The van der Waals surface area contributed by atoms with Crippen LogP contribution in [0.2, 0.25) is 0 Å². The Kier molecular flexibility index (Phi) is 6.38. The van der Waals surface area contributed by atoms with Crippen molar-refractivity contribution in [2.24, 2.45) is 0 Å². The van der Waals surface area contributed by atoms with Crippen LogP contribution in [0, 0.1) is 11.6 Å². The smallest absolute Gasteiger partial charge is 0.247 e. The van der Waals surface area contributed by atoms with E-state index in [9.17, 15) is 18.4 Å². The lowest BCUT2D eigenvalue weighted by molar-refractivity contribution is -0.125. The van der Waals surface area contributed by atoms with E-state index in [1.165, 1.54) is 6.92 Å². The molecule has 150 valence electrons. The van der Waals surface area contributed by atoms with Gasteiger partial charge in [-0.25, -0.2) is 8.78 Å². The highest BCUT2D eigenvalue weighted by molar-refractivity contribution is 9.10. The van der Waals surface area contributed by atoms with Crippen LogP contribution in [-0.4, -0.2) is 28.1 Å². The van der Waals surface area contributed by atoms with Crippen LogP contribution in [0.15, 0.2) is 53.0 Å². The molecule has 0 aliphatic heterocycles. The molecule has 2 aromatic carbocycles. The van der Waals surface area contributed by atoms with Gasteiger partial charge >= 0.3 is 0 Å². The fraction of sp³-hybridized carbons (Fsp3) is 0.150. The van der Waals surface area contributed by atoms with Crippen LogP contribution < -0.4 is 10.6 Å². The van der Waals surface area contributed by atoms with Gasteiger partial charge in [-0.2, -0.15) is 5.10 Å². The summed E-state index contributed by atoms with van der Waals surface area (Å²) < 4.78 is 27.0. The number of H-pyrrole nitrogens is 1. The minimum atomic E-state index is -0.885. The van der Waals surface area contributed by atoms with Crippen LogP contribution in [0.25, 0.3) is 11.3 Å². The molecule has 29 heavy (non-hydrogen) atoms. The highest BCUT2D eigenvalue weighted by Crippen LogP contribution is 2.31. The van der Waals surface area contributed by atoms with E-state index in [-0.39, 0.29) is 17.8 Å². The highest BCUT2D eigenvalue weighted by Gasteiger charge is 2.20. The van der Waals surface area contributed by atoms with Gasteiger partial charge in [0.1, 0.15) is 17.7 Å². The molecule has 1 unspecified atom stereocenters. The summed E-state index contributed by atoms with van der Waals surface area (Å²) in [5.74, 6) is -2.28. The van der Waals surface area contributed by atoms with E-state index < -0.39 is 29.5 Å². The van der Waals surface area contributed by atoms with Crippen molar-refractivity contribution in [1.29, 1.82) is 0 Å². The third kappa shape index (κ3) is 5.26. The van der Waals surface area contributed by atoms with E-state index in [2.05, 4.69) is 36.8 Å². The molecule has 6 nitrogen and oxygen atoms in total. The van der Waals surface area contributed by atoms with Crippen molar-refractivity contribution in [2.45, 2.75) is 19.4 Å². The molecule has 3 N–H and O–H groups in total. The molecular formula is C20H17BrF2N4O2. The number of aromatic nitrogens is 2. The highest BCUT2D eigenvalue weighted by atomic mass is 79.9. The third-order valence-electron chi connectivity index (χ3n) is 4.07. The van der Waals surface area contributed by atoms with Gasteiger partial charge in [0.05, 0.1) is 16.6 Å². The van der Waals surface area contributed by atoms with E-state index >= 15 is 0 Å². The Morgan fingerprint density at radius 1 is 1.14 bits per heavy atom. The molecule has 0 saturated heterocycles. The fourth-order valence-corrected chi connectivity index (χ4v) is 3.19. The van der Waals surface area contributed by atoms with Gasteiger partial charge in [-0.1, -0.05) is 30.3 Å². The normalized spacial score (nSPS) is 11.7. The summed E-state index contributed by atoms with van der Waals surface area (Å²) in [6.45, 7) is 1.50. The van der Waals surface area contributed by atoms with E-state index in [0.717, 1.165) is 23.8 Å². The first-order valence-corrected chi connectivity index (χ1v) is 9.47. The predicted octanol–water partition coefficient (Wildman–Crippen LogP) is 3.80. The van der Waals surface area contributed by atoms with Crippen LogP contribution in [-0.2, 0) is 16.0 Å². The Hall–Kier alpha value is -3.07. The Labute approximate surface area is 173 Å². The zero-order valence-electron chi connectivity index (χ0n) is 15.3. The number of aromatic amines is 1. The molecule has 0 aliphatic rings. The van der Waals surface area contributed by atoms with Crippen LogP contribution in [0.5, 0.6) is 0 Å². The number of anilines is 1. The number of halogens is 3. The van der Waals surface area contributed by atoms with E-state index in [1.54, 1.807) is 0 Å². The Morgan fingerprint density at radius 3 is 2.45 bits per heavy atom. The quantitative estimate of drug-likeness (QED) is 0.520. The second-order valence-electron chi connectivity index (χ2n) is 6.36.